The summed E-state index contributed by atoms with van der Waals surface area (Å²) in [5.74, 6) is -0.901. The maximum Gasteiger partial charge on any atom is 0.311 e. The van der Waals surface area contributed by atoms with Crippen LogP contribution in [-0.2, 0) is 28.5 Å². The number of methoxy groups -OCH3 is 2. The van der Waals surface area contributed by atoms with Gasteiger partial charge in [-0.05, 0) is 31.6 Å². The van der Waals surface area contributed by atoms with Crippen molar-refractivity contribution in [1.82, 2.24) is 0 Å². The lowest BCUT2D eigenvalue weighted by atomic mass is 9.53. The minimum atomic E-state index is -0.547. The Hall–Kier alpha value is -0.690. The van der Waals surface area contributed by atoms with Crippen molar-refractivity contribution >= 4 is 5.97 Å². The molecule has 0 amide bonds. The summed E-state index contributed by atoms with van der Waals surface area (Å²) in [6.45, 7) is 3.67. The highest BCUT2D eigenvalue weighted by Gasteiger charge is 2.64. The van der Waals surface area contributed by atoms with Crippen molar-refractivity contribution in [3.63, 3.8) is 0 Å². The molecule has 0 bridgehead atoms. The summed E-state index contributed by atoms with van der Waals surface area (Å²) in [6.07, 6.45) is 4.39. The molecule has 0 aromatic rings. The van der Waals surface area contributed by atoms with Crippen molar-refractivity contribution in [2.45, 2.75) is 50.9 Å². The standard InChI is InChI=1S/C17H28O6/c1-16-8-6-13(21-11-19-2)14(15(18)20-3)12(16)5-4-7-17(16)22-9-10-23-17/h12-14H,4-11H2,1-3H3/t12-,13?,14?,16-/m1/s1. The van der Waals surface area contributed by atoms with Crippen LogP contribution >= 0.6 is 0 Å². The first-order valence-corrected chi connectivity index (χ1v) is 8.54. The first kappa shape index (κ1) is 17.1. The number of carbonyl (C=O) groups is 1. The predicted octanol–water partition coefficient (Wildman–Crippen LogP) is 2.11. The Bertz CT molecular complexity index is 433. The zero-order valence-electron chi connectivity index (χ0n) is 14.3. The van der Waals surface area contributed by atoms with E-state index < -0.39 is 5.79 Å². The number of hydrogen-bond donors (Lipinski definition) is 0. The predicted molar refractivity (Wildman–Crippen MR) is 81.6 cm³/mol. The van der Waals surface area contributed by atoms with Gasteiger partial charge in [0.1, 0.15) is 6.79 Å². The fourth-order valence-electron chi connectivity index (χ4n) is 5.00. The van der Waals surface area contributed by atoms with Crippen LogP contribution < -0.4 is 0 Å². The second-order valence-electron chi connectivity index (χ2n) is 7.07. The molecule has 0 N–H and O–H groups in total. The van der Waals surface area contributed by atoms with Gasteiger partial charge in [0.15, 0.2) is 5.79 Å². The van der Waals surface area contributed by atoms with Crippen LogP contribution in [0.25, 0.3) is 0 Å². The van der Waals surface area contributed by atoms with Crippen LogP contribution in [-0.4, -0.2) is 52.1 Å². The van der Waals surface area contributed by atoms with Gasteiger partial charge in [-0.3, -0.25) is 4.79 Å². The van der Waals surface area contributed by atoms with Crippen LogP contribution in [0.4, 0.5) is 0 Å². The summed E-state index contributed by atoms with van der Waals surface area (Å²) < 4.78 is 28.1. The Morgan fingerprint density at radius 3 is 2.57 bits per heavy atom. The van der Waals surface area contributed by atoms with E-state index in [9.17, 15) is 4.79 Å². The Balaban J connectivity index is 1.90. The van der Waals surface area contributed by atoms with Crippen molar-refractivity contribution in [3.8, 4) is 0 Å². The summed E-state index contributed by atoms with van der Waals surface area (Å²) in [6, 6.07) is 0. The number of esters is 1. The first-order chi connectivity index (χ1) is 11.1. The monoisotopic (exact) mass is 328 g/mol. The molecular formula is C17H28O6. The van der Waals surface area contributed by atoms with Gasteiger partial charge in [-0.2, -0.15) is 0 Å². The van der Waals surface area contributed by atoms with E-state index in [2.05, 4.69) is 6.92 Å². The highest BCUT2D eigenvalue weighted by atomic mass is 16.7. The molecule has 6 heteroatoms. The second kappa shape index (κ2) is 6.67. The SMILES string of the molecule is COCOC1CC[C@]2(C)[C@H](CCCC23OCCO3)C1C(=O)OC. The molecule has 0 aromatic carbocycles. The normalized spacial score (nSPS) is 39.2. The van der Waals surface area contributed by atoms with Gasteiger partial charge in [-0.25, -0.2) is 0 Å². The lowest BCUT2D eigenvalue weighted by Gasteiger charge is -2.57. The van der Waals surface area contributed by atoms with Gasteiger partial charge >= 0.3 is 5.97 Å². The van der Waals surface area contributed by atoms with E-state index in [0.717, 1.165) is 32.1 Å². The fraction of sp³-hybridized carbons (Fsp3) is 0.941. The summed E-state index contributed by atoms with van der Waals surface area (Å²) in [5.41, 5.74) is -0.187. The Morgan fingerprint density at radius 2 is 1.91 bits per heavy atom. The topological polar surface area (TPSA) is 63.2 Å². The molecule has 0 radical (unpaired) electrons. The molecular weight excluding hydrogens is 300 g/mol. The molecule has 1 heterocycles. The summed E-state index contributed by atoms with van der Waals surface area (Å²) >= 11 is 0. The smallest absolute Gasteiger partial charge is 0.311 e. The summed E-state index contributed by atoms with van der Waals surface area (Å²) in [5, 5.41) is 0. The van der Waals surface area contributed by atoms with Crippen molar-refractivity contribution < 1.29 is 28.5 Å². The number of fused-ring (bicyclic) bond motifs is 2. The lowest BCUT2D eigenvalue weighted by Crippen LogP contribution is -2.61. The number of hydrogen-bond acceptors (Lipinski definition) is 6. The minimum Gasteiger partial charge on any atom is -0.469 e. The molecule has 23 heavy (non-hydrogen) atoms. The van der Waals surface area contributed by atoms with Gasteiger partial charge in [0.2, 0.25) is 0 Å². The second-order valence-corrected chi connectivity index (χ2v) is 7.07. The number of ether oxygens (including phenoxy) is 5. The van der Waals surface area contributed by atoms with Gasteiger partial charge in [-0.15, -0.1) is 0 Å². The third kappa shape index (κ3) is 2.69. The minimum absolute atomic E-state index is 0.136. The fourth-order valence-corrected chi connectivity index (χ4v) is 5.00. The molecule has 1 spiro atoms. The van der Waals surface area contributed by atoms with E-state index in [1.54, 1.807) is 7.11 Å². The molecule has 3 fully saturated rings. The molecule has 132 valence electrons. The maximum absolute atomic E-state index is 12.5. The summed E-state index contributed by atoms with van der Waals surface area (Å²) in [4.78, 5) is 12.5. The Kier molecular flexibility index (Phi) is 4.97. The molecule has 0 aromatic heterocycles. The third-order valence-corrected chi connectivity index (χ3v) is 6.12. The molecule has 4 atom stereocenters. The van der Waals surface area contributed by atoms with Gasteiger partial charge in [0, 0.05) is 18.9 Å². The third-order valence-electron chi connectivity index (χ3n) is 6.12. The Morgan fingerprint density at radius 1 is 1.17 bits per heavy atom. The van der Waals surface area contributed by atoms with Gasteiger partial charge in [-0.1, -0.05) is 6.92 Å². The molecule has 2 saturated carbocycles. The van der Waals surface area contributed by atoms with Crippen LogP contribution in [0.3, 0.4) is 0 Å². The highest BCUT2D eigenvalue weighted by Crippen LogP contribution is 2.60. The quantitative estimate of drug-likeness (QED) is 0.582. The van der Waals surface area contributed by atoms with E-state index in [-0.39, 0.29) is 36.1 Å². The molecule has 1 aliphatic heterocycles. The molecule has 2 unspecified atom stereocenters. The van der Waals surface area contributed by atoms with Crippen LogP contribution in [0.2, 0.25) is 0 Å². The average Bonchev–Trinajstić information content (AvgIpc) is 3.03. The maximum atomic E-state index is 12.5. The van der Waals surface area contributed by atoms with E-state index in [1.807, 2.05) is 0 Å². The van der Waals surface area contributed by atoms with E-state index in [1.165, 1.54) is 7.11 Å². The molecule has 1 saturated heterocycles. The lowest BCUT2D eigenvalue weighted by molar-refractivity contribution is -0.292. The van der Waals surface area contributed by atoms with Crippen molar-refractivity contribution in [2.75, 3.05) is 34.2 Å². The number of rotatable bonds is 4. The molecule has 6 nitrogen and oxygen atoms in total. The van der Waals surface area contributed by atoms with E-state index in [0.29, 0.717) is 13.2 Å². The molecule has 3 aliphatic rings. The zero-order valence-corrected chi connectivity index (χ0v) is 14.3. The van der Waals surface area contributed by atoms with Crippen molar-refractivity contribution in [3.05, 3.63) is 0 Å². The van der Waals surface area contributed by atoms with Crippen LogP contribution in [0, 0.1) is 17.3 Å². The van der Waals surface area contributed by atoms with E-state index in [4.69, 9.17) is 23.7 Å². The van der Waals surface area contributed by atoms with Crippen molar-refractivity contribution in [2.24, 2.45) is 17.3 Å². The molecule has 3 rings (SSSR count). The van der Waals surface area contributed by atoms with Crippen LogP contribution in [0.1, 0.15) is 39.0 Å². The van der Waals surface area contributed by atoms with Crippen LogP contribution in [0.15, 0.2) is 0 Å². The first-order valence-electron chi connectivity index (χ1n) is 8.54. The zero-order chi connectivity index (χ0) is 16.5. The number of carbonyl (C=O) groups excluding carboxylic acids is 1. The molecule has 2 aliphatic carbocycles. The summed E-state index contributed by atoms with van der Waals surface area (Å²) in [7, 11) is 3.04. The van der Waals surface area contributed by atoms with Crippen molar-refractivity contribution in [1.29, 1.82) is 0 Å². The Labute approximate surface area is 137 Å². The van der Waals surface area contributed by atoms with Crippen LogP contribution in [0.5, 0.6) is 0 Å². The van der Waals surface area contributed by atoms with E-state index >= 15 is 0 Å². The van der Waals surface area contributed by atoms with Gasteiger partial charge in [0.25, 0.3) is 0 Å². The van der Waals surface area contributed by atoms with Gasteiger partial charge < -0.3 is 23.7 Å². The highest BCUT2D eigenvalue weighted by molar-refractivity contribution is 5.73. The largest absolute Gasteiger partial charge is 0.469 e. The van der Waals surface area contributed by atoms with Gasteiger partial charge in [0.05, 0.1) is 32.3 Å². The average molecular weight is 328 g/mol.